The summed E-state index contributed by atoms with van der Waals surface area (Å²) in [4.78, 5) is 10.5. The van der Waals surface area contributed by atoms with Gasteiger partial charge >= 0.3 is 0 Å². The zero-order valence-corrected chi connectivity index (χ0v) is 13.2. The van der Waals surface area contributed by atoms with Crippen molar-refractivity contribution < 1.29 is 13.3 Å². The van der Waals surface area contributed by atoms with Gasteiger partial charge in [0.2, 0.25) is 11.7 Å². The molecule has 0 aromatic carbocycles. The number of piperidine rings is 1. The van der Waals surface area contributed by atoms with Gasteiger partial charge in [0, 0.05) is 17.5 Å². The molecule has 3 rings (SSSR count). The van der Waals surface area contributed by atoms with E-state index < -0.39 is 6.43 Å². The molecule has 1 aliphatic rings. The molecule has 1 saturated heterocycles. The number of likely N-dealkylation sites (tertiary alicyclic amines) is 1. The number of nitrogens with zero attached hydrogens (tertiary/aromatic N) is 4. The average molecular weight is 328 g/mol. The molecule has 8 heteroatoms. The summed E-state index contributed by atoms with van der Waals surface area (Å²) in [6.07, 6.45) is 0.235. The maximum atomic E-state index is 12.3. The van der Waals surface area contributed by atoms with Crippen LogP contribution >= 0.6 is 11.3 Å². The molecule has 0 saturated carbocycles. The fourth-order valence-electron chi connectivity index (χ4n) is 2.70. The van der Waals surface area contributed by atoms with E-state index in [0.717, 1.165) is 23.5 Å². The van der Waals surface area contributed by atoms with Crippen LogP contribution in [0.2, 0.25) is 0 Å². The van der Waals surface area contributed by atoms with E-state index in [1.165, 1.54) is 11.3 Å². The molecule has 0 radical (unpaired) electrons. The normalized spacial score (nSPS) is 17.5. The lowest BCUT2D eigenvalue weighted by molar-refractivity contribution is 0.0681. The SMILES string of the molecule is Cc1csc(-c2noc(CC3CCN(CC(F)F)CC3)n2)n1. The highest BCUT2D eigenvalue weighted by Gasteiger charge is 2.23. The molecule has 0 N–H and O–H groups in total. The Balaban J connectivity index is 1.53. The minimum absolute atomic E-state index is 0.124. The molecule has 0 bridgehead atoms. The number of alkyl halides is 2. The van der Waals surface area contributed by atoms with Crippen LogP contribution < -0.4 is 0 Å². The van der Waals surface area contributed by atoms with E-state index in [1.54, 1.807) is 0 Å². The second-order valence-electron chi connectivity index (χ2n) is 5.64. The maximum absolute atomic E-state index is 12.3. The first-order chi connectivity index (χ1) is 10.6. The number of thiazole rings is 1. The van der Waals surface area contributed by atoms with Crippen LogP contribution in [-0.2, 0) is 6.42 Å². The predicted octanol–water partition coefficient (Wildman–Crippen LogP) is 3.02. The number of rotatable bonds is 5. The first-order valence-electron chi connectivity index (χ1n) is 7.35. The van der Waals surface area contributed by atoms with E-state index in [-0.39, 0.29) is 6.54 Å². The molecule has 1 aliphatic heterocycles. The molecule has 0 spiro atoms. The smallest absolute Gasteiger partial charge is 0.251 e. The van der Waals surface area contributed by atoms with Gasteiger partial charge in [0.05, 0.1) is 6.54 Å². The highest BCUT2D eigenvalue weighted by atomic mass is 32.1. The highest BCUT2D eigenvalue weighted by Crippen LogP contribution is 2.24. The number of aromatic nitrogens is 3. The monoisotopic (exact) mass is 328 g/mol. The van der Waals surface area contributed by atoms with Crippen LogP contribution in [0.4, 0.5) is 8.78 Å². The quantitative estimate of drug-likeness (QED) is 0.844. The summed E-state index contributed by atoms with van der Waals surface area (Å²) in [5.41, 5.74) is 0.942. The third-order valence-corrected chi connectivity index (χ3v) is 4.80. The summed E-state index contributed by atoms with van der Waals surface area (Å²) in [6, 6.07) is 0. The van der Waals surface area contributed by atoms with E-state index in [4.69, 9.17) is 4.52 Å². The molecule has 1 fully saturated rings. The first kappa shape index (κ1) is 15.5. The molecule has 22 heavy (non-hydrogen) atoms. The van der Waals surface area contributed by atoms with E-state index in [2.05, 4.69) is 15.1 Å². The van der Waals surface area contributed by atoms with Gasteiger partial charge in [-0.1, -0.05) is 5.16 Å². The second kappa shape index (κ2) is 6.78. The van der Waals surface area contributed by atoms with Crippen LogP contribution in [0.15, 0.2) is 9.90 Å². The highest BCUT2D eigenvalue weighted by molar-refractivity contribution is 7.13. The zero-order chi connectivity index (χ0) is 15.5. The van der Waals surface area contributed by atoms with Gasteiger partial charge in [-0.3, -0.25) is 4.90 Å². The van der Waals surface area contributed by atoms with E-state index in [0.29, 0.717) is 37.1 Å². The Hall–Kier alpha value is -1.41. The summed E-state index contributed by atoms with van der Waals surface area (Å²) in [5.74, 6) is 1.55. The van der Waals surface area contributed by atoms with Crippen LogP contribution in [0.25, 0.3) is 10.8 Å². The lowest BCUT2D eigenvalue weighted by Gasteiger charge is -2.30. The third kappa shape index (κ3) is 3.86. The molecule has 0 unspecified atom stereocenters. The van der Waals surface area contributed by atoms with Gasteiger partial charge < -0.3 is 4.52 Å². The Morgan fingerprint density at radius 3 is 2.77 bits per heavy atom. The van der Waals surface area contributed by atoms with E-state index >= 15 is 0 Å². The molecule has 0 aliphatic carbocycles. The third-order valence-electron chi connectivity index (χ3n) is 3.85. The summed E-state index contributed by atoms with van der Waals surface area (Å²) in [6.45, 7) is 3.22. The van der Waals surface area contributed by atoms with Crippen molar-refractivity contribution in [2.24, 2.45) is 5.92 Å². The molecular weight excluding hydrogens is 310 g/mol. The van der Waals surface area contributed by atoms with Crippen LogP contribution in [-0.4, -0.2) is 46.1 Å². The largest absolute Gasteiger partial charge is 0.339 e. The van der Waals surface area contributed by atoms with Gasteiger partial charge in [0.1, 0.15) is 0 Å². The standard InChI is InChI=1S/C14H18F2N4OS/c1-9-8-22-14(17-9)13-18-12(21-19-13)6-10-2-4-20(5-3-10)7-11(15)16/h8,10-11H,2-7H2,1H3. The molecule has 3 heterocycles. The van der Waals surface area contributed by atoms with Crippen LogP contribution in [0.5, 0.6) is 0 Å². The van der Waals surface area contributed by atoms with Gasteiger partial charge in [0.25, 0.3) is 6.43 Å². The van der Waals surface area contributed by atoms with Gasteiger partial charge in [0.15, 0.2) is 5.01 Å². The Labute approximate surface area is 131 Å². The van der Waals surface area contributed by atoms with Gasteiger partial charge in [-0.25, -0.2) is 13.8 Å². The van der Waals surface area contributed by atoms with Crippen molar-refractivity contribution in [3.05, 3.63) is 17.0 Å². The van der Waals surface area contributed by atoms with Crippen LogP contribution in [0, 0.1) is 12.8 Å². The van der Waals surface area contributed by atoms with Crippen molar-refractivity contribution in [1.29, 1.82) is 0 Å². The Morgan fingerprint density at radius 2 is 2.14 bits per heavy atom. The zero-order valence-electron chi connectivity index (χ0n) is 12.3. The maximum Gasteiger partial charge on any atom is 0.251 e. The van der Waals surface area contributed by atoms with Crippen molar-refractivity contribution in [3.63, 3.8) is 0 Å². The lowest BCUT2D eigenvalue weighted by atomic mass is 9.93. The van der Waals surface area contributed by atoms with Crippen molar-refractivity contribution >= 4 is 11.3 Å². The second-order valence-corrected chi connectivity index (χ2v) is 6.50. The summed E-state index contributed by atoms with van der Waals surface area (Å²) in [7, 11) is 0. The van der Waals surface area contributed by atoms with Gasteiger partial charge in [-0.15, -0.1) is 11.3 Å². The minimum atomic E-state index is -2.25. The van der Waals surface area contributed by atoms with Crippen molar-refractivity contribution in [2.75, 3.05) is 19.6 Å². The molecule has 5 nitrogen and oxygen atoms in total. The van der Waals surface area contributed by atoms with Crippen molar-refractivity contribution in [2.45, 2.75) is 32.6 Å². The van der Waals surface area contributed by atoms with Gasteiger partial charge in [-0.2, -0.15) is 4.98 Å². The Kier molecular flexibility index (Phi) is 4.77. The summed E-state index contributed by atoms with van der Waals surface area (Å²) >= 11 is 1.49. The average Bonchev–Trinajstić information content (AvgIpc) is 3.09. The van der Waals surface area contributed by atoms with Crippen molar-refractivity contribution in [3.8, 4) is 10.8 Å². The number of aryl methyl sites for hydroxylation is 1. The lowest BCUT2D eigenvalue weighted by Crippen LogP contribution is -2.37. The molecule has 2 aromatic heterocycles. The van der Waals surface area contributed by atoms with E-state index in [1.807, 2.05) is 17.2 Å². The molecule has 0 atom stereocenters. The van der Waals surface area contributed by atoms with Gasteiger partial charge in [-0.05, 0) is 38.8 Å². The van der Waals surface area contributed by atoms with E-state index in [9.17, 15) is 8.78 Å². The fraction of sp³-hybridized carbons (Fsp3) is 0.643. The molecule has 2 aromatic rings. The molecule has 0 amide bonds. The van der Waals surface area contributed by atoms with Crippen LogP contribution in [0.1, 0.15) is 24.4 Å². The number of hydrogen-bond donors (Lipinski definition) is 0. The number of halogens is 2. The minimum Gasteiger partial charge on any atom is -0.339 e. The number of hydrogen-bond acceptors (Lipinski definition) is 6. The Morgan fingerprint density at radius 1 is 1.36 bits per heavy atom. The first-order valence-corrected chi connectivity index (χ1v) is 8.23. The summed E-state index contributed by atoms with van der Waals surface area (Å²) < 4.78 is 30.0. The fourth-order valence-corrected chi connectivity index (χ4v) is 3.42. The topological polar surface area (TPSA) is 55.1 Å². The van der Waals surface area contributed by atoms with Crippen LogP contribution in [0.3, 0.4) is 0 Å². The molecule has 120 valence electrons. The summed E-state index contributed by atoms with van der Waals surface area (Å²) in [5, 5.41) is 6.68. The molecular formula is C14H18F2N4OS. The predicted molar refractivity (Wildman–Crippen MR) is 79.0 cm³/mol. The Bertz CT molecular complexity index is 608. The van der Waals surface area contributed by atoms with Crippen molar-refractivity contribution in [1.82, 2.24) is 20.0 Å².